The lowest BCUT2D eigenvalue weighted by atomic mass is 9.72. The van der Waals surface area contributed by atoms with Crippen molar-refractivity contribution in [2.75, 3.05) is 13.1 Å². The van der Waals surface area contributed by atoms with Crippen molar-refractivity contribution in [1.82, 2.24) is 10.2 Å². The summed E-state index contributed by atoms with van der Waals surface area (Å²) in [5.74, 6) is 0. The Morgan fingerprint density at radius 2 is 1.89 bits per heavy atom. The molecular formula is C16H30N2. The molecule has 18 heavy (non-hydrogen) atoms. The third-order valence-electron chi connectivity index (χ3n) is 5.76. The van der Waals surface area contributed by atoms with E-state index in [-0.39, 0.29) is 0 Å². The van der Waals surface area contributed by atoms with Crippen molar-refractivity contribution in [2.24, 2.45) is 5.41 Å². The summed E-state index contributed by atoms with van der Waals surface area (Å²) >= 11 is 0. The molecule has 2 heteroatoms. The number of nitrogens with zero attached hydrogens (tertiary/aromatic N) is 1. The van der Waals surface area contributed by atoms with E-state index < -0.39 is 0 Å². The summed E-state index contributed by atoms with van der Waals surface area (Å²) in [5.41, 5.74) is 0.541. The monoisotopic (exact) mass is 250 g/mol. The summed E-state index contributed by atoms with van der Waals surface area (Å²) < 4.78 is 0. The van der Waals surface area contributed by atoms with Crippen LogP contribution in [0.3, 0.4) is 0 Å². The summed E-state index contributed by atoms with van der Waals surface area (Å²) in [6, 6.07) is 2.49. The number of nitrogens with one attached hydrogen (secondary N) is 1. The Bertz CT molecular complexity index is 281. The zero-order valence-electron chi connectivity index (χ0n) is 12.3. The van der Waals surface area contributed by atoms with Crippen LogP contribution in [-0.2, 0) is 0 Å². The number of hydrogen-bond donors (Lipinski definition) is 1. The van der Waals surface area contributed by atoms with Gasteiger partial charge in [0.2, 0.25) is 0 Å². The van der Waals surface area contributed by atoms with Gasteiger partial charge in [0.15, 0.2) is 0 Å². The van der Waals surface area contributed by atoms with E-state index in [1.54, 1.807) is 0 Å². The van der Waals surface area contributed by atoms with Crippen LogP contribution in [-0.4, -0.2) is 36.1 Å². The molecule has 3 rings (SSSR count). The standard InChI is InChI=1S/C16H30N2/c1-16(2)10-4-3-9-15(16)18-12-6-8-14(18)13-7-5-11-17-13/h13-15,17H,3-12H2,1-2H3. The van der Waals surface area contributed by atoms with Gasteiger partial charge < -0.3 is 5.32 Å². The topological polar surface area (TPSA) is 15.3 Å². The van der Waals surface area contributed by atoms with E-state index in [1.807, 2.05) is 0 Å². The van der Waals surface area contributed by atoms with Gasteiger partial charge in [-0.2, -0.15) is 0 Å². The van der Waals surface area contributed by atoms with Crippen LogP contribution in [0.1, 0.15) is 65.2 Å². The van der Waals surface area contributed by atoms with Gasteiger partial charge in [-0.05, 0) is 57.0 Å². The van der Waals surface area contributed by atoms with Crippen molar-refractivity contribution < 1.29 is 0 Å². The summed E-state index contributed by atoms with van der Waals surface area (Å²) in [6.07, 6.45) is 11.4. The Hall–Kier alpha value is -0.0800. The molecule has 0 aromatic rings. The molecule has 3 atom stereocenters. The van der Waals surface area contributed by atoms with Gasteiger partial charge in [-0.25, -0.2) is 0 Å². The smallest absolute Gasteiger partial charge is 0.0252 e. The van der Waals surface area contributed by atoms with Gasteiger partial charge in [-0.1, -0.05) is 26.7 Å². The maximum atomic E-state index is 3.75. The lowest BCUT2D eigenvalue weighted by molar-refractivity contribution is 0.0311. The molecule has 1 N–H and O–H groups in total. The first-order chi connectivity index (χ1) is 8.68. The molecule has 2 nitrogen and oxygen atoms in total. The van der Waals surface area contributed by atoms with Crippen molar-refractivity contribution in [3.63, 3.8) is 0 Å². The molecule has 0 aromatic carbocycles. The molecule has 0 amide bonds. The highest BCUT2D eigenvalue weighted by atomic mass is 15.2. The summed E-state index contributed by atoms with van der Waals surface area (Å²) in [4.78, 5) is 2.90. The molecule has 0 spiro atoms. The van der Waals surface area contributed by atoms with Gasteiger partial charge >= 0.3 is 0 Å². The second kappa shape index (κ2) is 5.13. The molecule has 2 saturated heterocycles. The molecular weight excluding hydrogens is 220 g/mol. The third kappa shape index (κ3) is 2.34. The van der Waals surface area contributed by atoms with Gasteiger partial charge in [0.25, 0.3) is 0 Å². The van der Waals surface area contributed by atoms with Crippen LogP contribution in [0.5, 0.6) is 0 Å². The highest BCUT2D eigenvalue weighted by molar-refractivity contribution is 4.99. The van der Waals surface area contributed by atoms with Crippen molar-refractivity contribution in [2.45, 2.75) is 83.3 Å². The number of rotatable bonds is 2. The minimum Gasteiger partial charge on any atom is -0.312 e. The molecule has 1 aliphatic carbocycles. The molecule has 0 aromatic heterocycles. The first-order valence-electron chi connectivity index (χ1n) is 8.18. The van der Waals surface area contributed by atoms with Crippen molar-refractivity contribution in [3.8, 4) is 0 Å². The molecule has 2 heterocycles. The van der Waals surface area contributed by atoms with Crippen molar-refractivity contribution in [3.05, 3.63) is 0 Å². The SMILES string of the molecule is CC1(C)CCCCC1N1CCCC1C1CCCN1. The van der Waals surface area contributed by atoms with Crippen molar-refractivity contribution in [1.29, 1.82) is 0 Å². The summed E-state index contributed by atoms with van der Waals surface area (Å²) in [5, 5.41) is 3.75. The zero-order valence-corrected chi connectivity index (χ0v) is 12.3. The summed E-state index contributed by atoms with van der Waals surface area (Å²) in [7, 11) is 0. The summed E-state index contributed by atoms with van der Waals surface area (Å²) in [6.45, 7) is 7.63. The molecule has 3 fully saturated rings. The Balaban J connectivity index is 1.73. The maximum Gasteiger partial charge on any atom is 0.0252 e. The first-order valence-corrected chi connectivity index (χ1v) is 8.18. The predicted molar refractivity (Wildman–Crippen MR) is 76.8 cm³/mol. The maximum absolute atomic E-state index is 3.75. The Kier molecular flexibility index (Phi) is 3.68. The lowest BCUT2D eigenvalue weighted by Crippen LogP contribution is -2.54. The van der Waals surface area contributed by atoms with Crippen LogP contribution in [0.2, 0.25) is 0 Å². The van der Waals surface area contributed by atoms with Crippen LogP contribution in [0.15, 0.2) is 0 Å². The van der Waals surface area contributed by atoms with Gasteiger partial charge in [0, 0.05) is 18.1 Å². The fourth-order valence-electron chi connectivity index (χ4n) is 4.76. The quantitative estimate of drug-likeness (QED) is 0.810. The first kappa shape index (κ1) is 12.9. The van der Waals surface area contributed by atoms with Gasteiger partial charge in [0.05, 0.1) is 0 Å². The normalized spacial score (nSPS) is 41.3. The predicted octanol–water partition coefficient (Wildman–Crippen LogP) is 3.17. The highest BCUT2D eigenvalue weighted by Gasteiger charge is 2.43. The van der Waals surface area contributed by atoms with Crippen LogP contribution < -0.4 is 5.32 Å². The van der Waals surface area contributed by atoms with E-state index in [4.69, 9.17) is 0 Å². The van der Waals surface area contributed by atoms with E-state index >= 15 is 0 Å². The van der Waals surface area contributed by atoms with Gasteiger partial charge in [-0.3, -0.25) is 4.90 Å². The van der Waals surface area contributed by atoms with Crippen LogP contribution in [0.25, 0.3) is 0 Å². The number of likely N-dealkylation sites (tertiary alicyclic amines) is 1. The fourth-order valence-corrected chi connectivity index (χ4v) is 4.76. The largest absolute Gasteiger partial charge is 0.312 e. The molecule has 0 radical (unpaired) electrons. The van der Waals surface area contributed by atoms with Gasteiger partial charge in [0.1, 0.15) is 0 Å². The van der Waals surface area contributed by atoms with Crippen LogP contribution >= 0.6 is 0 Å². The Labute approximate surface area is 113 Å². The minimum atomic E-state index is 0.541. The molecule has 104 valence electrons. The Morgan fingerprint density at radius 1 is 1.00 bits per heavy atom. The molecule has 1 saturated carbocycles. The highest BCUT2D eigenvalue weighted by Crippen LogP contribution is 2.42. The molecule has 3 aliphatic rings. The third-order valence-corrected chi connectivity index (χ3v) is 5.76. The number of hydrogen-bond acceptors (Lipinski definition) is 2. The van der Waals surface area contributed by atoms with E-state index in [2.05, 4.69) is 24.1 Å². The van der Waals surface area contributed by atoms with E-state index in [0.717, 1.165) is 18.1 Å². The van der Waals surface area contributed by atoms with E-state index in [1.165, 1.54) is 64.5 Å². The van der Waals surface area contributed by atoms with Gasteiger partial charge in [-0.15, -0.1) is 0 Å². The lowest BCUT2D eigenvalue weighted by Gasteiger charge is -2.47. The van der Waals surface area contributed by atoms with Crippen LogP contribution in [0, 0.1) is 5.41 Å². The minimum absolute atomic E-state index is 0.541. The second-order valence-corrected chi connectivity index (χ2v) is 7.40. The molecule has 2 aliphatic heterocycles. The Morgan fingerprint density at radius 3 is 2.61 bits per heavy atom. The fraction of sp³-hybridized carbons (Fsp3) is 1.00. The van der Waals surface area contributed by atoms with Crippen molar-refractivity contribution >= 4 is 0 Å². The molecule has 0 bridgehead atoms. The van der Waals surface area contributed by atoms with Crippen LogP contribution in [0.4, 0.5) is 0 Å². The average molecular weight is 250 g/mol. The second-order valence-electron chi connectivity index (χ2n) is 7.40. The van der Waals surface area contributed by atoms with E-state index in [9.17, 15) is 0 Å². The average Bonchev–Trinajstić information content (AvgIpc) is 2.98. The van der Waals surface area contributed by atoms with E-state index in [0.29, 0.717) is 5.41 Å². The molecule has 3 unspecified atom stereocenters. The zero-order chi connectivity index (χ0) is 12.6.